The molecule has 0 aromatic heterocycles. The molecule has 472 valence electrons. The molecule has 23 nitrogen and oxygen atoms in total. The topological polar surface area (TPSA) is 278 Å². The molecule has 6 amide bonds. The van der Waals surface area contributed by atoms with E-state index in [1.807, 2.05) is 59.6 Å². The number of sulfonamides is 1. The van der Waals surface area contributed by atoms with Gasteiger partial charge < -0.3 is 58.9 Å². The molecule has 3 aliphatic rings. The van der Waals surface area contributed by atoms with Crippen molar-refractivity contribution in [3.63, 3.8) is 0 Å². The number of benzene rings is 1. The standard InChI is InChI=1S/C59H99N7O16S/c1-12-41(6)53(48(77-10)38-50(68)66-25-16-19-47(66)54(78-11)42(7)55(69)60-46(37-43-17-14-13-15-18-43)56(70)62-83(75,76)45-20-21-45)64(9)58(72)51(39(2)3)61-57(71)52(40(4)5)63(8)28-30-80-32-34-82-36-35-81-33-31-79-29-24-49(67)65-26-22-44(23-27-65)59(73)74/h13-15,17-18,39-42,44-48,51-54H,12,16,19-38H2,1-11H3,(H,60,69)(H,61,71)(H,62,70)(H,73,74)/t41-,42+,46-,47-,48+,51-,52-,53-,54+/m0/s1. The Kier molecular flexibility index (Phi) is 30.3. The van der Waals surface area contributed by atoms with Crippen molar-refractivity contribution in [3.05, 3.63) is 35.9 Å². The molecule has 1 aromatic rings. The van der Waals surface area contributed by atoms with Gasteiger partial charge in [0.15, 0.2) is 0 Å². The van der Waals surface area contributed by atoms with Crippen LogP contribution in [-0.4, -0.2) is 230 Å². The van der Waals surface area contributed by atoms with Crippen LogP contribution in [0.2, 0.25) is 0 Å². The maximum absolute atomic E-state index is 14.7. The van der Waals surface area contributed by atoms with Crippen LogP contribution >= 0.6 is 0 Å². The van der Waals surface area contributed by atoms with Crippen molar-refractivity contribution in [1.29, 1.82) is 0 Å². The number of rotatable bonds is 39. The lowest BCUT2D eigenvalue weighted by Gasteiger charge is -2.41. The highest BCUT2D eigenvalue weighted by atomic mass is 32.2. The minimum atomic E-state index is -3.89. The molecular formula is C59H99N7O16S. The van der Waals surface area contributed by atoms with E-state index in [0.717, 1.165) is 5.56 Å². The quantitative estimate of drug-likeness (QED) is 0.0689. The molecule has 0 spiro atoms. The lowest BCUT2D eigenvalue weighted by molar-refractivity contribution is -0.148. The van der Waals surface area contributed by atoms with Crippen molar-refractivity contribution >= 4 is 51.4 Å². The summed E-state index contributed by atoms with van der Waals surface area (Å²) in [4.78, 5) is 101. The molecule has 2 aliphatic heterocycles. The normalized spacial score (nSPS) is 18.9. The van der Waals surface area contributed by atoms with Crippen molar-refractivity contribution < 1.29 is 75.5 Å². The van der Waals surface area contributed by atoms with Gasteiger partial charge in [0, 0.05) is 53.9 Å². The van der Waals surface area contributed by atoms with Crippen LogP contribution in [0.5, 0.6) is 0 Å². The van der Waals surface area contributed by atoms with Gasteiger partial charge in [-0.05, 0) is 68.9 Å². The molecule has 1 aliphatic carbocycles. The van der Waals surface area contributed by atoms with E-state index in [4.69, 9.17) is 33.5 Å². The number of likely N-dealkylation sites (tertiary alicyclic amines) is 2. The van der Waals surface area contributed by atoms with Crippen LogP contribution in [0.4, 0.5) is 0 Å². The van der Waals surface area contributed by atoms with Crippen LogP contribution < -0.4 is 15.4 Å². The van der Waals surface area contributed by atoms with Gasteiger partial charge in [-0.3, -0.25) is 43.2 Å². The molecule has 1 saturated carbocycles. The number of likely N-dealkylation sites (N-methyl/N-ethyl adjacent to an activating group) is 2. The molecule has 9 atom stereocenters. The SMILES string of the molecule is CC[C@H](C)[C@@H]([C@@H](CC(=O)N1CCC[C@H]1[C@H](OC)[C@@H](C)C(=O)N[C@@H](Cc1ccccc1)C(=O)NS(=O)(=O)C1CC1)OC)N(C)C(=O)[C@@H](NC(=O)[C@H](C(C)C)N(C)CCOCCOCCOCCOCCC(=O)N1CCC(C(=O)O)CC1)C(C)C. The van der Waals surface area contributed by atoms with Crippen LogP contribution in [0.3, 0.4) is 0 Å². The number of amides is 6. The fourth-order valence-electron chi connectivity index (χ4n) is 11.1. The summed E-state index contributed by atoms with van der Waals surface area (Å²) in [6.45, 7) is 17.7. The monoisotopic (exact) mass is 1190 g/mol. The van der Waals surface area contributed by atoms with E-state index >= 15 is 0 Å². The van der Waals surface area contributed by atoms with Crippen molar-refractivity contribution in [2.45, 2.75) is 160 Å². The Bertz CT molecular complexity index is 2300. The first kappa shape index (κ1) is 70.7. The second kappa shape index (κ2) is 35.6. The van der Waals surface area contributed by atoms with Crippen molar-refractivity contribution in [1.82, 2.24) is 35.0 Å². The molecule has 4 N–H and O–H groups in total. The number of carboxylic acid groups (broad SMARTS) is 1. The molecule has 24 heteroatoms. The van der Waals surface area contributed by atoms with Gasteiger partial charge in [0.1, 0.15) is 12.1 Å². The van der Waals surface area contributed by atoms with Crippen LogP contribution in [0, 0.1) is 29.6 Å². The summed E-state index contributed by atoms with van der Waals surface area (Å²) in [5, 5.41) is 14.4. The third-order valence-electron chi connectivity index (χ3n) is 16.3. The fourth-order valence-corrected chi connectivity index (χ4v) is 12.5. The summed E-state index contributed by atoms with van der Waals surface area (Å²) >= 11 is 0. The number of nitrogens with one attached hydrogen (secondary N) is 3. The molecule has 1 aromatic carbocycles. The highest BCUT2D eigenvalue weighted by molar-refractivity contribution is 7.90. The first-order valence-corrected chi connectivity index (χ1v) is 31.4. The van der Waals surface area contributed by atoms with E-state index in [0.29, 0.717) is 117 Å². The van der Waals surface area contributed by atoms with E-state index in [2.05, 4.69) is 15.4 Å². The zero-order valence-corrected chi connectivity index (χ0v) is 52.0. The Labute approximate surface area is 493 Å². The summed E-state index contributed by atoms with van der Waals surface area (Å²) in [6.07, 6.45) is 2.37. The number of ether oxygens (including phenoxy) is 6. The maximum Gasteiger partial charge on any atom is 0.306 e. The Hall–Kier alpha value is -4.82. The number of methoxy groups -OCH3 is 2. The number of piperidine rings is 1. The van der Waals surface area contributed by atoms with Crippen molar-refractivity contribution in [3.8, 4) is 0 Å². The third-order valence-corrected chi connectivity index (χ3v) is 18.2. The van der Waals surface area contributed by atoms with Gasteiger partial charge in [0.25, 0.3) is 5.91 Å². The summed E-state index contributed by atoms with van der Waals surface area (Å²) in [7, 11) is 2.63. The number of hydrogen-bond acceptors (Lipinski definition) is 16. The van der Waals surface area contributed by atoms with Crippen molar-refractivity contribution in [2.75, 3.05) is 107 Å². The van der Waals surface area contributed by atoms with Gasteiger partial charge in [-0.15, -0.1) is 0 Å². The Morgan fingerprint density at radius 3 is 1.83 bits per heavy atom. The molecule has 2 saturated heterocycles. The minimum absolute atomic E-state index is 0.0377. The Balaban J connectivity index is 1.26. The smallest absolute Gasteiger partial charge is 0.306 e. The molecule has 2 heterocycles. The minimum Gasteiger partial charge on any atom is -0.481 e. The van der Waals surface area contributed by atoms with Crippen molar-refractivity contribution in [2.24, 2.45) is 29.6 Å². The highest BCUT2D eigenvalue weighted by Gasteiger charge is 2.44. The highest BCUT2D eigenvalue weighted by Crippen LogP contribution is 2.31. The van der Waals surface area contributed by atoms with Gasteiger partial charge in [-0.2, -0.15) is 0 Å². The molecule has 4 rings (SSSR count). The van der Waals surface area contributed by atoms with Crippen LogP contribution in [0.1, 0.15) is 112 Å². The van der Waals surface area contributed by atoms with Gasteiger partial charge >= 0.3 is 5.97 Å². The second-order valence-electron chi connectivity index (χ2n) is 23.1. The molecule has 0 bridgehead atoms. The largest absolute Gasteiger partial charge is 0.481 e. The molecule has 3 fully saturated rings. The molecule has 0 radical (unpaired) electrons. The summed E-state index contributed by atoms with van der Waals surface area (Å²) in [5.41, 5.74) is 0.724. The third kappa shape index (κ3) is 22.2. The predicted molar refractivity (Wildman–Crippen MR) is 311 cm³/mol. The summed E-state index contributed by atoms with van der Waals surface area (Å²) in [5.74, 6) is -4.87. The average molecular weight is 1190 g/mol. The molecule has 83 heavy (non-hydrogen) atoms. The lowest BCUT2D eigenvalue weighted by atomic mass is 9.89. The van der Waals surface area contributed by atoms with E-state index < -0.39 is 81.4 Å². The Morgan fingerprint density at radius 1 is 0.711 bits per heavy atom. The number of carboxylic acids is 1. The number of carbonyl (C=O) groups excluding carboxylic acids is 6. The number of hydrogen-bond donors (Lipinski definition) is 4. The van der Waals surface area contributed by atoms with Gasteiger partial charge in [0.05, 0.1) is 113 Å². The van der Waals surface area contributed by atoms with Crippen LogP contribution in [0.15, 0.2) is 30.3 Å². The summed E-state index contributed by atoms with van der Waals surface area (Å²) < 4.78 is 62.4. The van der Waals surface area contributed by atoms with E-state index in [1.165, 1.54) is 14.2 Å². The van der Waals surface area contributed by atoms with Crippen LogP contribution in [0.25, 0.3) is 0 Å². The summed E-state index contributed by atoms with van der Waals surface area (Å²) in [6, 6.07) is 5.21. The lowest BCUT2D eigenvalue weighted by Crippen LogP contribution is -2.60. The van der Waals surface area contributed by atoms with E-state index in [-0.39, 0.29) is 73.2 Å². The number of carbonyl (C=O) groups is 7. The molecule has 0 unspecified atom stereocenters. The van der Waals surface area contributed by atoms with Gasteiger partial charge in [-0.25, -0.2) is 8.42 Å². The van der Waals surface area contributed by atoms with Gasteiger partial charge in [0.2, 0.25) is 39.6 Å². The zero-order chi connectivity index (χ0) is 61.4. The zero-order valence-electron chi connectivity index (χ0n) is 51.2. The second-order valence-corrected chi connectivity index (χ2v) is 25.1. The fraction of sp³-hybridized carbons (Fsp3) is 0.780. The first-order valence-electron chi connectivity index (χ1n) is 29.8. The van der Waals surface area contributed by atoms with E-state index in [1.54, 1.807) is 52.9 Å². The van der Waals surface area contributed by atoms with E-state index in [9.17, 15) is 42.0 Å². The predicted octanol–water partition coefficient (Wildman–Crippen LogP) is 3.12. The average Bonchev–Trinajstić information content (AvgIpc) is 4.23. The number of aliphatic carboxylic acids is 1. The van der Waals surface area contributed by atoms with Gasteiger partial charge in [-0.1, -0.05) is 85.2 Å². The maximum atomic E-state index is 14.7. The molecular weight excluding hydrogens is 1090 g/mol. The first-order chi connectivity index (χ1) is 39.5. The van der Waals surface area contributed by atoms with Crippen LogP contribution in [-0.2, 0) is 78.4 Å². The number of nitrogens with zero attached hydrogens (tertiary/aromatic N) is 4. The Morgan fingerprint density at radius 2 is 1.30 bits per heavy atom.